The average Bonchev–Trinajstić information content (AvgIpc) is 2.15. The van der Waals surface area contributed by atoms with Crippen LogP contribution >= 0.6 is 0 Å². The summed E-state index contributed by atoms with van der Waals surface area (Å²) in [5.74, 6) is 1.04. The van der Waals surface area contributed by atoms with Crippen LogP contribution < -0.4 is 0 Å². The van der Waals surface area contributed by atoms with Gasteiger partial charge in [-0.2, -0.15) is 0 Å². The minimum Gasteiger partial charge on any atom is -0.490 e. The Morgan fingerprint density at radius 3 is 1.94 bits per heavy atom. The zero-order chi connectivity index (χ0) is 14.4. The molecule has 0 aliphatic heterocycles. The van der Waals surface area contributed by atoms with Gasteiger partial charge >= 0.3 is 7.32 Å². The van der Waals surface area contributed by atoms with Crippen LogP contribution in [0.1, 0.15) is 53.4 Å². The standard InChI is InChI=1S/C12H22O2.BH3O3/c1-11(2,13)12(3,4)14-10-8-6-5-7-9-10;2-1(3)4/h8,13H,5-7,9H2,1-4H3;2-4H. The van der Waals surface area contributed by atoms with Crippen molar-refractivity contribution in [2.24, 2.45) is 0 Å². The van der Waals surface area contributed by atoms with Gasteiger partial charge in [0, 0.05) is 6.42 Å². The molecule has 0 aromatic heterocycles. The van der Waals surface area contributed by atoms with Gasteiger partial charge in [0.1, 0.15) is 5.60 Å². The van der Waals surface area contributed by atoms with Crippen molar-refractivity contribution >= 4 is 7.32 Å². The van der Waals surface area contributed by atoms with Gasteiger partial charge in [0.25, 0.3) is 0 Å². The van der Waals surface area contributed by atoms with Crippen molar-refractivity contribution in [1.82, 2.24) is 0 Å². The topological polar surface area (TPSA) is 90.2 Å². The van der Waals surface area contributed by atoms with E-state index < -0.39 is 18.5 Å². The van der Waals surface area contributed by atoms with Gasteiger partial charge in [-0.3, -0.25) is 0 Å². The molecule has 0 bridgehead atoms. The number of hydrogen-bond donors (Lipinski definition) is 4. The van der Waals surface area contributed by atoms with E-state index in [0.717, 1.165) is 18.6 Å². The highest BCUT2D eigenvalue weighted by molar-refractivity contribution is 6.30. The molecule has 0 atom stereocenters. The second-order valence-electron chi connectivity index (χ2n) is 5.43. The van der Waals surface area contributed by atoms with Gasteiger partial charge in [0.2, 0.25) is 0 Å². The summed E-state index contributed by atoms with van der Waals surface area (Å²) in [5, 5.41) is 31.4. The highest BCUT2D eigenvalue weighted by Gasteiger charge is 2.37. The van der Waals surface area contributed by atoms with Gasteiger partial charge in [-0.05, 0) is 53.0 Å². The summed E-state index contributed by atoms with van der Waals surface area (Å²) in [6.07, 6.45) is 6.73. The first-order valence-corrected chi connectivity index (χ1v) is 6.21. The van der Waals surface area contributed by atoms with Crippen molar-refractivity contribution in [2.45, 2.75) is 64.6 Å². The molecule has 0 saturated heterocycles. The van der Waals surface area contributed by atoms with E-state index in [2.05, 4.69) is 6.08 Å². The third-order valence-electron chi connectivity index (χ3n) is 3.11. The zero-order valence-electron chi connectivity index (χ0n) is 11.7. The van der Waals surface area contributed by atoms with Crippen LogP contribution in [0.5, 0.6) is 0 Å². The Bertz CT molecular complexity index is 265. The molecular weight excluding hydrogens is 235 g/mol. The van der Waals surface area contributed by atoms with Crippen molar-refractivity contribution in [3.63, 3.8) is 0 Å². The summed E-state index contributed by atoms with van der Waals surface area (Å²) in [6, 6.07) is 0. The van der Waals surface area contributed by atoms with Gasteiger partial charge in [-0.25, -0.2) is 0 Å². The summed E-state index contributed by atoms with van der Waals surface area (Å²) >= 11 is 0. The minimum absolute atomic E-state index is 0.518. The van der Waals surface area contributed by atoms with Crippen LogP contribution in [0.2, 0.25) is 0 Å². The maximum absolute atomic E-state index is 9.92. The Balaban J connectivity index is 0.000000631. The number of aliphatic hydroxyl groups is 1. The lowest BCUT2D eigenvalue weighted by atomic mass is 9.89. The first kappa shape index (κ1) is 17.4. The fraction of sp³-hybridized carbons (Fsp3) is 0.833. The van der Waals surface area contributed by atoms with Gasteiger partial charge in [0.05, 0.1) is 11.4 Å². The summed E-state index contributed by atoms with van der Waals surface area (Å²) < 4.78 is 5.85. The molecular formula is C12H25BO5. The molecule has 0 unspecified atom stereocenters. The Hall–Kier alpha value is -0.555. The van der Waals surface area contributed by atoms with Crippen molar-refractivity contribution in [2.75, 3.05) is 0 Å². The molecule has 1 aliphatic carbocycles. The first-order valence-electron chi connectivity index (χ1n) is 6.21. The Labute approximate surface area is 109 Å². The van der Waals surface area contributed by atoms with Gasteiger partial charge < -0.3 is 24.9 Å². The SMILES string of the molecule is CC(C)(O)C(C)(C)OC1=CCCCC1.OB(O)O. The van der Waals surface area contributed by atoms with Crippen molar-refractivity contribution in [1.29, 1.82) is 0 Å². The lowest BCUT2D eigenvalue weighted by Gasteiger charge is -2.38. The summed E-state index contributed by atoms with van der Waals surface area (Å²) in [6.45, 7) is 7.44. The normalized spacial score (nSPS) is 16.3. The summed E-state index contributed by atoms with van der Waals surface area (Å²) in [7, 11) is -2.17. The number of rotatable bonds is 3. The predicted molar refractivity (Wildman–Crippen MR) is 70.4 cm³/mol. The second kappa shape index (κ2) is 7.14. The van der Waals surface area contributed by atoms with Crippen LogP contribution in [0.3, 0.4) is 0 Å². The van der Waals surface area contributed by atoms with E-state index in [1.165, 1.54) is 12.8 Å². The number of hydrogen-bond acceptors (Lipinski definition) is 5. The highest BCUT2D eigenvalue weighted by Crippen LogP contribution is 2.30. The molecule has 0 radical (unpaired) electrons. The molecule has 4 N–H and O–H groups in total. The maximum Gasteiger partial charge on any atom is 0.631 e. The van der Waals surface area contributed by atoms with E-state index in [1.54, 1.807) is 13.8 Å². The predicted octanol–water partition coefficient (Wildman–Crippen LogP) is 0.959. The van der Waals surface area contributed by atoms with Gasteiger partial charge in [0.15, 0.2) is 0 Å². The Kier molecular flexibility index (Phi) is 6.92. The summed E-state index contributed by atoms with van der Waals surface area (Å²) in [4.78, 5) is 0. The monoisotopic (exact) mass is 260 g/mol. The lowest BCUT2D eigenvalue weighted by molar-refractivity contribution is -0.125. The van der Waals surface area contributed by atoms with E-state index in [0.29, 0.717) is 0 Å². The molecule has 0 heterocycles. The molecule has 1 aliphatic rings. The van der Waals surface area contributed by atoms with E-state index in [-0.39, 0.29) is 0 Å². The lowest BCUT2D eigenvalue weighted by Crippen LogP contribution is -2.47. The van der Waals surface area contributed by atoms with Crippen LogP contribution in [0, 0.1) is 0 Å². The van der Waals surface area contributed by atoms with Crippen LogP contribution in [0.4, 0.5) is 0 Å². The molecule has 106 valence electrons. The van der Waals surface area contributed by atoms with Crippen molar-refractivity contribution in [3.8, 4) is 0 Å². The molecule has 0 amide bonds. The minimum atomic E-state index is -2.17. The van der Waals surface area contributed by atoms with Crippen molar-refractivity contribution in [3.05, 3.63) is 11.8 Å². The molecule has 1 rings (SSSR count). The quantitative estimate of drug-likeness (QED) is 0.567. The van der Waals surface area contributed by atoms with Crippen LogP contribution in [0.15, 0.2) is 11.8 Å². The third kappa shape index (κ3) is 7.01. The summed E-state index contributed by atoms with van der Waals surface area (Å²) in [5.41, 5.74) is -1.33. The largest absolute Gasteiger partial charge is 0.631 e. The van der Waals surface area contributed by atoms with Crippen molar-refractivity contribution < 1.29 is 24.9 Å². The fourth-order valence-corrected chi connectivity index (χ4v) is 1.35. The second-order valence-corrected chi connectivity index (χ2v) is 5.43. The van der Waals surface area contributed by atoms with Gasteiger partial charge in [-0.1, -0.05) is 0 Å². The third-order valence-corrected chi connectivity index (χ3v) is 3.11. The van der Waals surface area contributed by atoms with E-state index in [4.69, 9.17) is 19.8 Å². The van der Waals surface area contributed by atoms with E-state index >= 15 is 0 Å². The molecule has 0 aromatic carbocycles. The highest BCUT2D eigenvalue weighted by atomic mass is 16.5. The molecule has 18 heavy (non-hydrogen) atoms. The first-order chi connectivity index (χ1) is 8.06. The molecule has 0 spiro atoms. The van der Waals surface area contributed by atoms with Crippen LogP contribution in [0.25, 0.3) is 0 Å². The number of allylic oxidation sites excluding steroid dienone is 2. The molecule has 0 aromatic rings. The zero-order valence-corrected chi connectivity index (χ0v) is 11.7. The molecule has 6 heteroatoms. The molecule has 5 nitrogen and oxygen atoms in total. The molecule has 0 fully saturated rings. The van der Waals surface area contributed by atoms with Crippen LogP contribution in [-0.2, 0) is 4.74 Å². The fourth-order valence-electron chi connectivity index (χ4n) is 1.35. The number of ether oxygens (including phenoxy) is 1. The van der Waals surface area contributed by atoms with Gasteiger partial charge in [-0.15, -0.1) is 0 Å². The van der Waals surface area contributed by atoms with E-state index in [1.807, 2.05) is 13.8 Å². The maximum atomic E-state index is 9.92. The molecule has 0 saturated carbocycles. The smallest absolute Gasteiger partial charge is 0.490 e. The Morgan fingerprint density at radius 2 is 1.61 bits per heavy atom. The average molecular weight is 260 g/mol. The Morgan fingerprint density at radius 1 is 1.11 bits per heavy atom. The van der Waals surface area contributed by atoms with E-state index in [9.17, 15) is 5.11 Å². The van der Waals surface area contributed by atoms with Crippen LogP contribution in [-0.4, -0.2) is 38.7 Å².